The third-order valence-corrected chi connectivity index (χ3v) is 2.56. The summed E-state index contributed by atoms with van der Waals surface area (Å²) < 4.78 is 0. The molecule has 1 rings (SSSR count). The third kappa shape index (κ3) is 4.01. The summed E-state index contributed by atoms with van der Waals surface area (Å²) in [4.78, 5) is 0. The molecule has 3 heteroatoms. The number of unbranched alkanes of at least 4 members (excludes halogenated alkanes) is 4. The molecule has 3 nitrogen and oxygen atoms in total. The summed E-state index contributed by atoms with van der Waals surface area (Å²) >= 11 is 0. The van der Waals surface area contributed by atoms with Gasteiger partial charge >= 0.3 is 0 Å². The van der Waals surface area contributed by atoms with E-state index in [1.165, 1.54) is 44.2 Å². The second-order valence-electron chi connectivity index (χ2n) is 3.84. The molecule has 1 aliphatic heterocycles. The fourth-order valence-corrected chi connectivity index (χ4v) is 1.61. The Balaban J connectivity index is 2.02. The quantitative estimate of drug-likeness (QED) is 0.614. The lowest BCUT2D eigenvalue weighted by molar-refractivity contribution is 0.284. The largest absolute Gasteiger partial charge is 0.306 e. The van der Waals surface area contributed by atoms with E-state index in [2.05, 4.69) is 36.0 Å². The molecule has 82 valence electrons. The molecular formula is C11H23N3. The Morgan fingerprint density at radius 2 is 1.93 bits per heavy atom. The molecule has 0 amide bonds. The van der Waals surface area contributed by atoms with Gasteiger partial charge in [0.25, 0.3) is 0 Å². The molecule has 0 saturated carbocycles. The molecular weight excluding hydrogens is 174 g/mol. The zero-order valence-corrected chi connectivity index (χ0v) is 9.47. The molecule has 0 aromatic carbocycles. The van der Waals surface area contributed by atoms with Gasteiger partial charge in [-0.05, 0) is 19.8 Å². The lowest BCUT2D eigenvalue weighted by Gasteiger charge is -2.10. The van der Waals surface area contributed by atoms with Crippen LogP contribution in [-0.4, -0.2) is 11.6 Å². The third-order valence-electron chi connectivity index (χ3n) is 2.56. The molecule has 0 saturated heterocycles. The number of nitrogens with one attached hydrogen (secondary N) is 2. The normalized spacial score (nSPS) is 15.6. The minimum absolute atomic E-state index is 1.01. The summed E-state index contributed by atoms with van der Waals surface area (Å²) in [6.45, 7) is 5.39. The second-order valence-corrected chi connectivity index (χ2v) is 3.84. The lowest BCUT2D eigenvalue weighted by Crippen LogP contribution is -2.36. The van der Waals surface area contributed by atoms with Crippen molar-refractivity contribution < 1.29 is 0 Å². The molecule has 0 aliphatic carbocycles. The maximum absolute atomic E-state index is 3.19. The highest BCUT2D eigenvalue weighted by Crippen LogP contribution is 2.11. The van der Waals surface area contributed by atoms with Crippen LogP contribution in [0.5, 0.6) is 0 Å². The Hall–Kier alpha value is -0.700. The second kappa shape index (κ2) is 6.71. The average molecular weight is 197 g/mol. The highest BCUT2D eigenvalue weighted by Gasteiger charge is 2.07. The van der Waals surface area contributed by atoms with Crippen molar-refractivity contribution in [1.82, 2.24) is 16.0 Å². The molecule has 0 radical (unpaired) electrons. The van der Waals surface area contributed by atoms with Crippen LogP contribution in [0.25, 0.3) is 0 Å². The number of rotatable bonds is 7. The molecule has 14 heavy (non-hydrogen) atoms. The van der Waals surface area contributed by atoms with Gasteiger partial charge in [0.1, 0.15) is 0 Å². The zero-order chi connectivity index (χ0) is 10.2. The van der Waals surface area contributed by atoms with E-state index in [1.54, 1.807) is 0 Å². The number of nitrogens with zero attached hydrogens (tertiary/aromatic N) is 1. The molecule has 0 spiro atoms. The first kappa shape index (κ1) is 11.4. The van der Waals surface area contributed by atoms with Crippen molar-refractivity contribution in [2.24, 2.45) is 0 Å². The summed E-state index contributed by atoms with van der Waals surface area (Å²) in [6.07, 6.45) is 10.1. The number of allylic oxidation sites excluding steroid dienone is 1. The van der Waals surface area contributed by atoms with Gasteiger partial charge in [-0.1, -0.05) is 32.6 Å². The molecule has 1 heterocycles. The van der Waals surface area contributed by atoms with Crippen LogP contribution in [0.1, 0.15) is 52.4 Å². The van der Waals surface area contributed by atoms with Gasteiger partial charge in [-0.15, -0.1) is 5.53 Å². The van der Waals surface area contributed by atoms with Crippen molar-refractivity contribution in [2.75, 3.05) is 6.54 Å². The van der Waals surface area contributed by atoms with Gasteiger partial charge in [0, 0.05) is 18.4 Å². The zero-order valence-electron chi connectivity index (χ0n) is 9.47. The maximum atomic E-state index is 3.19. The van der Waals surface area contributed by atoms with E-state index in [-0.39, 0.29) is 0 Å². The molecule has 0 unspecified atom stereocenters. The van der Waals surface area contributed by atoms with Crippen LogP contribution in [0, 0.1) is 0 Å². The van der Waals surface area contributed by atoms with Crippen LogP contribution in [-0.2, 0) is 0 Å². The molecule has 0 bridgehead atoms. The van der Waals surface area contributed by atoms with Gasteiger partial charge < -0.3 is 5.43 Å². The van der Waals surface area contributed by atoms with Crippen molar-refractivity contribution in [3.63, 3.8) is 0 Å². The molecule has 0 fully saturated rings. The minimum atomic E-state index is 1.01. The van der Waals surface area contributed by atoms with Gasteiger partial charge in [0.2, 0.25) is 0 Å². The van der Waals surface area contributed by atoms with E-state index in [0.717, 1.165) is 6.54 Å². The molecule has 2 N–H and O–H groups in total. The first-order chi connectivity index (χ1) is 6.86. The number of hydrazine groups is 2. The van der Waals surface area contributed by atoms with Crippen molar-refractivity contribution in [3.05, 3.63) is 11.9 Å². The van der Waals surface area contributed by atoms with Crippen molar-refractivity contribution >= 4 is 0 Å². The van der Waals surface area contributed by atoms with Gasteiger partial charge in [-0.2, -0.15) is 0 Å². The first-order valence-corrected chi connectivity index (χ1v) is 5.85. The fraction of sp³-hybridized carbons (Fsp3) is 0.818. The van der Waals surface area contributed by atoms with Gasteiger partial charge in [-0.25, -0.2) is 0 Å². The van der Waals surface area contributed by atoms with Crippen molar-refractivity contribution in [2.45, 2.75) is 52.4 Å². The monoisotopic (exact) mass is 197 g/mol. The van der Waals surface area contributed by atoms with Gasteiger partial charge in [-0.3, -0.25) is 5.01 Å². The Labute approximate surface area is 87.5 Å². The summed E-state index contributed by atoms with van der Waals surface area (Å²) in [6, 6.07) is 0. The Kier molecular flexibility index (Phi) is 5.45. The molecule has 1 aliphatic rings. The lowest BCUT2D eigenvalue weighted by atomic mass is 10.1. The Morgan fingerprint density at radius 3 is 2.57 bits per heavy atom. The number of hydrogen-bond acceptors (Lipinski definition) is 3. The predicted octanol–water partition coefficient (Wildman–Crippen LogP) is 2.53. The van der Waals surface area contributed by atoms with Gasteiger partial charge in [0.15, 0.2) is 0 Å². The Bertz CT molecular complexity index is 177. The summed E-state index contributed by atoms with van der Waals surface area (Å²) in [5, 5.41) is 2.07. The van der Waals surface area contributed by atoms with Crippen LogP contribution in [0.4, 0.5) is 0 Å². The summed E-state index contributed by atoms with van der Waals surface area (Å²) in [5.74, 6) is 0. The highest BCUT2D eigenvalue weighted by molar-refractivity contribution is 5.01. The molecule has 0 atom stereocenters. The Morgan fingerprint density at radius 1 is 1.14 bits per heavy atom. The van der Waals surface area contributed by atoms with Crippen molar-refractivity contribution in [1.29, 1.82) is 0 Å². The number of hydrogen-bond donors (Lipinski definition) is 2. The van der Waals surface area contributed by atoms with Crippen LogP contribution in [0.15, 0.2) is 11.9 Å². The predicted molar refractivity (Wildman–Crippen MR) is 60.1 cm³/mol. The van der Waals surface area contributed by atoms with E-state index in [0.29, 0.717) is 0 Å². The van der Waals surface area contributed by atoms with Crippen LogP contribution >= 0.6 is 0 Å². The van der Waals surface area contributed by atoms with E-state index in [1.807, 2.05) is 0 Å². The van der Waals surface area contributed by atoms with E-state index >= 15 is 0 Å². The van der Waals surface area contributed by atoms with E-state index < -0.39 is 0 Å². The smallest absolute Gasteiger partial charge is 0.0453 e. The van der Waals surface area contributed by atoms with E-state index in [4.69, 9.17) is 0 Å². The summed E-state index contributed by atoms with van der Waals surface area (Å²) in [5.41, 5.74) is 7.61. The topological polar surface area (TPSA) is 27.3 Å². The van der Waals surface area contributed by atoms with Crippen LogP contribution in [0.3, 0.4) is 0 Å². The van der Waals surface area contributed by atoms with E-state index in [9.17, 15) is 0 Å². The SMILES string of the molecule is CCCCCCCC1=CN(CC)NN1. The first-order valence-electron chi connectivity index (χ1n) is 5.85. The van der Waals surface area contributed by atoms with Crippen molar-refractivity contribution in [3.8, 4) is 0 Å². The maximum Gasteiger partial charge on any atom is 0.0453 e. The van der Waals surface area contributed by atoms with Gasteiger partial charge in [0.05, 0.1) is 0 Å². The highest BCUT2D eigenvalue weighted by atomic mass is 15.7. The average Bonchev–Trinajstić information content (AvgIpc) is 2.65. The molecule has 0 aromatic heterocycles. The standard InChI is InChI=1S/C11H23N3/c1-3-5-6-7-8-9-11-10-14(4-2)13-12-11/h10,12-13H,3-9H2,1-2H3. The summed E-state index contributed by atoms with van der Waals surface area (Å²) in [7, 11) is 0. The van der Waals surface area contributed by atoms with Crippen LogP contribution < -0.4 is 11.0 Å². The fourth-order valence-electron chi connectivity index (χ4n) is 1.61. The van der Waals surface area contributed by atoms with Crippen LogP contribution in [0.2, 0.25) is 0 Å². The minimum Gasteiger partial charge on any atom is -0.306 e. The molecule has 0 aromatic rings.